The van der Waals surface area contributed by atoms with Crippen LogP contribution in [-0.2, 0) is 0 Å². The highest BCUT2D eigenvalue weighted by Gasteiger charge is 2.09. The zero-order valence-electron chi connectivity index (χ0n) is 12.5. The Labute approximate surface area is 124 Å². The lowest BCUT2D eigenvalue weighted by Gasteiger charge is -2.14. The van der Waals surface area contributed by atoms with E-state index in [1.807, 2.05) is 57.5 Å². The van der Waals surface area contributed by atoms with E-state index in [2.05, 4.69) is 32.3 Å². The number of nitrogens with zero attached hydrogens (tertiary/aromatic N) is 3. The minimum absolute atomic E-state index is 0.738. The third kappa shape index (κ3) is 2.52. The van der Waals surface area contributed by atoms with Gasteiger partial charge in [0.2, 0.25) is 0 Å². The monoisotopic (exact) mass is 278 g/mol. The second-order valence-corrected chi connectivity index (χ2v) is 5.11. The minimum Gasteiger partial charge on any atom is -0.378 e. The van der Waals surface area contributed by atoms with Crippen LogP contribution in [-0.4, -0.2) is 31.1 Å². The largest absolute Gasteiger partial charge is 0.378 e. The summed E-state index contributed by atoms with van der Waals surface area (Å²) in [6.07, 6.45) is 0. The van der Waals surface area contributed by atoms with Gasteiger partial charge in [-0.1, -0.05) is 24.3 Å². The van der Waals surface area contributed by atoms with Crippen molar-refractivity contribution in [2.24, 2.45) is 0 Å². The highest BCUT2D eigenvalue weighted by molar-refractivity contribution is 5.90. The van der Waals surface area contributed by atoms with Crippen LogP contribution in [0.25, 0.3) is 22.3 Å². The van der Waals surface area contributed by atoms with Gasteiger partial charge in [0.25, 0.3) is 0 Å². The summed E-state index contributed by atoms with van der Waals surface area (Å²) in [6, 6.07) is 16.3. The number of para-hydroxylation sites is 1. The van der Waals surface area contributed by atoms with E-state index in [1.165, 1.54) is 0 Å². The Bertz CT molecular complexity index is 781. The molecule has 0 aliphatic heterocycles. The number of hydrogen-bond acceptors (Lipinski definition) is 4. The van der Waals surface area contributed by atoms with Crippen molar-refractivity contribution >= 4 is 22.4 Å². The fourth-order valence-electron chi connectivity index (χ4n) is 2.32. The maximum Gasteiger partial charge on any atom is 0.162 e. The molecule has 4 heteroatoms. The van der Waals surface area contributed by atoms with E-state index in [0.29, 0.717) is 0 Å². The fourth-order valence-corrected chi connectivity index (χ4v) is 2.32. The highest BCUT2D eigenvalue weighted by atomic mass is 15.1. The molecule has 1 N–H and O–H groups in total. The van der Waals surface area contributed by atoms with E-state index in [9.17, 15) is 0 Å². The van der Waals surface area contributed by atoms with Crippen LogP contribution in [0.2, 0.25) is 0 Å². The molecule has 1 heterocycles. The van der Waals surface area contributed by atoms with E-state index < -0.39 is 0 Å². The van der Waals surface area contributed by atoms with Crippen molar-refractivity contribution < 1.29 is 0 Å². The Balaban J connectivity index is 2.18. The van der Waals surface area contributed by atoms with Crippen LogP contribution >= 0.6 is 0 Å². The number of rotatable bonds is 3. The Morgan fingerprint density at radius 3 is 2.52 bits per heavy atom. The SMILES string of the molecule is CNc1nc(-c2cccc(N(C)C)c2)nc2ccccc12. The van der Waals surface area contributed by atoms with Crippen molar-refractivity contribution in [2.45, 2.75) is 0 Å². The number of anilines is 2. The van der Waals surface area contributed by atoms with E-state index in [4.69, 9.17) is 0 Å². The highest BCUT2D eigenvalue weighted by Crippen LogP contribution is 2.26. The molecule has 4 nitrogen and oxygen atoms in total. The molecule has 0 bridgehead atoms. The molecule has 0 radical (unpaired) electrons. The molecular weight excluding hydrogens is 260 g/mol. The molecule has 106 valence electrons. The summed E-state index contributed by atoms with van der Waals surface area (Å²) in [4.78, 5) is 11.4. The summed E-state index contributed by atoms with van der Waals surface area (Å²) in [5, 5.41) is 4.19. The van der Waals surface area contributed by atoms with Crippen molar-refractivity contribution in [3.8, 4) is 11.4 Å². The number of hydrogen-bond donors (Lipinski definition) is 1. The number of benzene rings is 2. The summed E-state index contributed by atoms with van der Waals surface area (Å²) >= 11 is 0. The molecule has 0 amide bonds. The molecule has 0 saturated carbocycles. The maximum atomic E-state index is 4.68. The van der Waals surface area contributed by atoms with Gasteiger partial charge in [0.15, 0.2) is 5.82 Å². The molecule has 0 fully saturated rings. The first kappa shape index (κ1) is 13.4. The van der Waals surface area contributed by atoms with Gasteiger partial charge < -0.3 is 10.2 Å². The lowest BCUT2D eigenvalue weighted by atomic mass is 10.1. The second-order valence-electron chi connectivity index (χ2n) is 5.11. The topological polar surface area (TPSA) is 41.1 Å². The first-order chi connectivity index (χ1) is 10.2. The van der Waals surface area contributed by atoms with Crippen LogP contribution in [0.5, 0.6) is 0 Å². The third-order valence-corrected chi connectivity index (χ3v) is 3.46. The lowest BCUT2D eigenvalue weighted by molar-refractivity contribution is 1.13. The molecule has 0 aliphatic rings. The van der Waals surface area contributed by atoms with Crippen LogP contribution in [0.3, 0.4) is 0 Å². The summed E-state index contributed by atoms with van der Waals surface area (Å²) in [5.41, 5.74) is 3.10. The van der Waals surface area contributed by atoms with Gasteiger partial charge in [-0.25, -0.2) is 9.97 Å². The van der Waals surface area contributed by atoms with Crippen LogP contribution in [0.1, 0.15) is 0 Å². The molecule has 3 aromatic rings. The Morgan fingerprint density at radius 1 is 0.952 bits per heavy atom. The Kier molecular flexibility index (Phi) is 3.44. The zero-order valence-corrected chi connectivity index (χ0v) is 12.5. The molecule has 2 aromatic carbocycles. The van der Waals surface area contributed by atoms with Gasteiger partial charge in [0, 0.05) is 37.8 Å². The van der Waals surface area contributed by atoms with Gasteiger partial charge in [-0.15, -0.1) is 0 Å². The summed E-state index contributed by atoms with van der Waals surface area (Å²) in [6.45, 7) is 0. The molecule has 0 aliphatic carbocycles. The quantitative estimate of drug-likeness (QED) is 0.797. The van der Waals surface area contributed by atoms with Gasteiger partial charge in [-0.2, -0.15) is 0 Å². The molecule has 0 unspecified atom stereocenters. The van der Waals surface area contributed by atoms with E-state index >= 15 is 0 Å². The van der Waals surface area contributed by atoms with Gasteiger partial charge in [-0.3, -0.25) is 0 Å². The summed E-state index contributed by atoms with van der Waals surface area (Å²) < 4.78 is 0. The normalized spacial score (nSPS) is 10.6. The van der Waals surface area contributed by atoms with Crippen molar-refractivity contribution in [1.82, 2.24) is 9.97 Å². The maximum absolute atomic E-state index is 4.68. The van der Waals surface area contributed by atoms with Crippen LogP contribution in [0.4, 0.5) is 11.5 Å². The predicted molar refractivity (Wildman–Crippen MR) is 88.8 cm³/mol. The fraction of sp³-hybridized carbons (Fsp3) is 0.176. The molecular formula is C17H18N4. The molecule has 3 rings (SSSR count). The van der Waals surface area contributed by atoms with Crippen LogP contribution in [0.15, 0.2) is 48.5 Å². The second kappa shape index (κ2) is 5.40. The first-order valence-corrected chi connectivity index (χ1v) is 6.91. The predicted octanol–water partition coefficient (Wildman–Crippen LogP) is 3.40. The molecule has 0 saturated heterocycles. The summed E-state index contributed by atoms with van der Waals surface area (Å²) in [5.74, 6) is 1.59. The molecule has 0 atom stereocenters. The number of aromatic nitrogens is 2. The third-order valence-electron chi connectivity index (χ3n) is 3.46. The average Bonchev–Trinajstić information content (AvgIpc) is 2.53. The van der Waals surface area contributed by atoms with Crippen molar-refractivity contribution in [1.29, 1.82) is 0 Å². The number of fused-ring (bicyclic) bond motifs is 1. The van der Waals surface area contributed by atoms with E-state index in [-0.39, 0.29) is 0 Å². The number of nitrogens with one attached hydrogen (secondary N) is 1. The van der Waals surface area contributed by atoms with Gasteiger partial charge in [0.1, 0.15) is 5.82 Å². The molecule has 1 aromatic heterocycles. The van der Waals surface area contributed by atoms with E-state index in [1.54, 1.807) is 0 Å². The van der Waals surface area contributed by atoms with E-state index in [0.717, 1.165) is 33.8 Å². The molecule has 0 spiro atoms. The first-order valence-electron chi connectivity index (χ1n) is 6.91. The van der Waals surface area contributed by atoms with Gasteiger partial charge in [-0.05, 0) is 24.3 Å². The van der Waals surface area contributed by atoms with Crippen molar-refractivity contribution in [3.63, 3.8) is 0 Å². The smallest absolute Gasteiger partial charge is 0.162 e. The minimum atomic E-state index is 0.738. The Morgan fingerprint density at radius 2 is 1.76 bits per heavy atom. The van der Waals surface area contributed by atoms with Crippen molar-refractivity contribution in [2.75, 3.05) is 31.4 Å². The van der Waals surface area contributed by atoms with Gasteiger partial charge in [0.05, 0.1) is 5.52 Å². The summed E-state index contributed by atoms with van der Waals surface area (Å²) in [7, 11) is 5.94. The van der Waals surface area contributed by atoms with Crippen LogP contribution < -0.4 is 10.2 Å². The Hall–Kier alpha value is -2.62. The lowest BCUT2D eigenvalue weighted by Crippen LogP contribution is -2.08. The average molecular weight is 278 g/mol. The standard InChI is InChI=1S/C17H18N4/c1-18-17-14-9-4-5-10-15(14)19-16(20-17)12-7-6-8-13(11-12)21(2)3/h4-11H,1-3H3,(H,18,19,20). The van der Waals surface area contributed by atoms with Crippen molar-refractivity contribution in [3.05, 3.63) is 48.5 Å². The van der Waals surface area contributed by atoms with Crippen LogP contribution in [0, 0.1) is 0 Å². The molecule has 21 heavy (non-hydrogen) atoms. The zero-order chi connectivity index (χ0) is 14.8. The van der Waals surface area contributed by atoms with Gasteiger partial charge >= 0.3 is 0 Å².